The minimum atomic E-state index is -0.0395. The van der Waals surface area contributed by atoms with E-state index >= 15 is 0 Å². The quantitative estimate of drug-likeness (QED) is 0.161. The molecule has 8 aromatic rings. The van der Waals surface area contributed by atoms with Crippen LogP contribution in [-0.4, -0.2) is 6.71 Å². The summed E-state index contributed by atoms with van der Waals surface area (Å²) in [5.74, 6) is 0. The van der Waals surface area contributed by atoms with Gasteiger partial charge in [-0.2, -0.15) is 0 Å². The van der Waals surface area contributed by atoms with Gasteiger partial charge in [0.1, 0.15) is 0 Å². The van der Waals surface area contributed by atoms with Gasteiger partial charge in [0.15, 0.2) is 0 Å². The number of anilines is 6. The molecule has 286 valence electrons. The maximum atomic E-state index is 2.60. The highest BCUT2D eigenvalue weighted by Crippen LogP contribution is 2.51. The van der Waals surface area contributed by atoms with Crippen LogP contribution >= 0.6 is 0 Å². The van der Waals surface area contributed by atoms with Crippen LogP contribution in [-0.2, 0) is 10.8 Å². The zero-order valence-electron chi connectivity index (χ0n) is 34.9. The predicted molar refractivity (Wildman–Crippen MR) is 254 cm³/mol. The van der Waals surface area contributed by atoms with Crippen molar-refractivity contribution in [1.82, 2.24) is 0 Å². The highest BCUT2D eigenvalue weighted by atomic mass is 15.2. The van der Waals surface area contributed by atoms with Crippen LogP contribution in [0.3, 0.4) is 0 Å². The molecule has 0 saturated carbocycles. The second-order valence-electron chi connectivity index (χ2n) is 18.2. The smallest absolute Gasteiger partial charge is 0.252 e. The summed E-state index contributed by atoms with van der Waals surface area (Å²) in [5, 5.41) is 0. The molecule has 0 spiro atoms. The maximum absolute atomic E-state index is 2.60. The number of nitrogens with zero attached hydrogens (tertiary/aromatic N) is 2. The van der Waals surface area contributed by atoms with Crippen molar-refractivity contribution < 1.29 is 0 Å². The number of fused-ring (bicyclic) bond motifs is 4. The van der Waals surface area contributed by atoms with Gasteiger partial charge < -0.3 is 9.80 Å². The number of hydrogen-bond acceptors (Lipinski definition) is 2. The largest absolute Gasteiger partial charge is 0.311 e. The Morgan fingerprint density at radius 3 is 1.24 bits per heavy atom. The molecule has 2 aliphatic heterocycles. The molecule has 2 aliphatic rings. The predicted octanol–water partition coefficient (Wildman–Crippen LogP) is 13.4. The standard InChI is InChI=1S/C56H49BN2/c1-55(2,3)41-32-34-49-46(36-41)57-47-37-42(56(4,5)6)33-35-50(47)59(54-44(39-22-12-8-13-23-39)27-18-28-45(54)40-24-14-9-15-25-40)52-31-19-30-51(53(52)57)58(49)48-29-17-16-26-43(48)38-20-10-7-11-21-38/h7-37H,1-6H3. The topological polar surface area (TPSA) is 6.48 Å². The highest BCUT2D eigenvalue weighted by Gasteiger charge is 2.45. The molecule has 0 saturated heterocycles. The van der Waals surface area contributed by atoms with Crippen molar-refractivity contribution >= 4 is 57.2 Å². The van der Waals surface area contributed by atoms with E-state index in [0.717, 1.165) is 0 Å². The first-order valence-corrected chi connectivity index (χ1v) is 21.0. The van der Waals surface area contributed by atoms with Crippen LogP contribution in [0.4, 0.5) is 34.1 Å². The maximum Gasteiger partial charge on any atom is 0.252 e. The molecule has 0 fully saturated rings. The van der Waals surface area contributed by atoms with Crippen molar-refractivity contribution in [3.05, 3.63) is 199 Å². The summed E-state index contributed by atoms with van der Waals surface area (Å²) < 4.78 is 0. The summed E-state index contributed by atoms with van der Waals surface area (Å²) in [6, 6.07) is 70.0. The van der Waals surface area contributed by atoms with E-state index in [1.54, 1.807) is 0 Å². The monoisotopic (exact) mass is 760 g/mol. The third-order valence-corrected chi connectivity index (χ3v) is 12.4. The summed E-state index contributed by atoms with van der Waals surface area (Å²) in [5.41, 5.74) is 21.0. The fourth-order valence-corrected chi connectivity index (χ4v) is 9.39. The van der Waals surface area contributed by atoms with Crippen molar-refractivity contribution in [2.75, 3.05) is 9.80 Å². The first kappa shape index (κ1) is 36.7. The SMILES string of the molecule is CC(C)(C)c1ccc2c(c1)B1c3cc(C(C)(C)C)ccc3N(c3c(-c4ccccc4)cccc3-c3ccccc3)c3cccc(c31)N2c1ccccc1-c1ccccc1. The Morgan fingerprint density at radius 1 is 0.339 bits per heavy atom. The van der Waals surface area contributed by atoms with E-state index in [1.807, 2.05) is 0 Å². The second kappa shape index (κ2) is 14.1. The van der Waals surface area contributed by atoms with Gasteiger partial charge in [0.2, 0.25) is 0 Å². The van der Waals surface area contributed by atoms with E-state index in [2.05, 4.69) is 239 Å². The average molecular weight is 761 g/mol. The van der Waals surface area contributed by atoms with E-state index < -0.39 is 0 Å². The van der Waals surface area contributed by atoms with Gasteiger partial charge in [0, 0.05) is 39.4 Å². The van der Waals surface area contributed by atoms with Crippen molar-refractivity contribution in [2.45, 2.75) is 52.4 Å². The minimum absolute atomic E-state index is 0.0104. The van der Waals surface area contributed by atoms with Gasteiger partial charge in [-0.15, -0.1) is 0 Å². The number of benzene rings is 8. The third kappa shape index (κ3) is 6.19. The Morgan fingerprint density at radius 2 is 0.729 bits per heavy atom. The normalized spacial score (nSPS) is 13.2. The van der Waals surface area contributed by atoms with Crippen molar-refractivity contribution in [3.8, 4) is 33.4 Å². The molecule has 10 rings (SSSR count). The first-order valence-electron chi connectivity index (χ1n) is 21.0. The van der Waals surface area contributed by atoms with Gasteiger partial charge in [-0.05, 0) is 85.4 Å². The molecule has 0 amide bonds. The molecular weight excluding hydrogens is 711 g/mol. The lowest BCUT2D eigenvalue weighted by Crippen LogP contribution is -2.61. The zero-order chi connectivity index (χ0) is 40.5. The van der Waals surface area contributed by atoms with E-state index in [-0.39, 0.29) is 17.5 Å². The number of para-hydroxylation sites is 2. The summed E-state index contributed by atoms with van der Waals surface area (Å²) in [7, 11) is 0. The molecule has 2 nitrogen and oxygen atoms in total. The summed E-state index contributed by atoms with van der Waals surface area (Å²) in [4.78, 5) is 5.15. The summed E-state index contributed by atoms with van der Waals surface area (Å²) in [6.07, 6.45) is 0. The second-order valence-corrected chi connectivity index (χ2v) is 18.2. The van der Waals surface area contributed by atoms with Crippen molar-refractivity contribution in [3.63, 3.8) is 0 Å². The van der Waals surface area contributed by atoms with E-state index in [1.165, 1.54) is 95.0 Å². The van der Waals surface area contributed by atoms with Crippen LogP contribution < -0.4 is 26.2 Å². The number of rotatable bonds is 5. The van der Waals surface area contributed by atoms with Crippen LogP contribution in [0.15, 0.2) is 188 Å². The van der Waals surface area contributed by atoms with Crippen molar-refractivity contribution in [2.24, 2.45) is 0 Å². The van der Waals surface area contributed by atoms with Crippen molar-refractivity contribution in [1.29, 1.82) is 0 Å². The van der Waals surface area contributed by atoms with Crippen LogP contribution in [0.2, 0.25) is 0 Å². The Labute approximate surface area is 350 Å². The lowest BCUT2D eigenvalue weighted by molar-refractivity contribution is 0.590. The molecule has 0 atom stereocenters. The Kier molecular flexibility index (Phi) is 8.76. The molecule has 59 heavy (non-hydrogen) atoms. The van der Waals surface area contributed by atoms with Crippen LogP contribution in [0.1, 0.15) is 52.7 Å². The fraction of sp³-hybridized carbons (Fsp3) is 0.143. The molecule has 0 N–H and O–H groups in total. The number of hydrogen-bond donors (Lipinski definition) is 0. The fourth-order valence-electron chi connectivity index (χ4n) is 9.39. The average Bonchev–Trinajstić information content (AvgIpc) is 3.26. The Balaban J connectivity index is 1.34. The van der Waals surface area contributed by atoms with Gasteiger partial charge in [0.05, 0.1) is 11.4 Å². The van der Waals surface area contributed by atoms with Gasteiger partial charge in [-0.1, -0.05) is 199 Å². The third-order valence-electron chi connectivity index (χ3n) is 12.4. The first-order chi connectivity index (χ1) is 28.6. The van der Waals surface area contributed by atoms with Crippen LogP contribution in [0.25, 0.3) is 33.4 Å². The lowest BCUT2D eigenvalue weighted by Gasteiger charge is -2.45. The highest BCUT2D eigenvalue weighted by molar-refractivity contribution is 7.00. The molecule has 0 bridgehead atoms. The molecule has 0 radical (unpaired) electrons. The van der Waals surface area contributed by atoms with E-state index in [0.29, 0.717) is 0 Å². The minimum Gasteiger partial charge on any atom is -0.311 e. The Bertz CT molecular complexity index is 2790. The molecule has 2 heterocycles. The van der Waals surface area contributed by atoms with E-state index in [4.69, 9.17) is 0 Å². The molecule has 0 aromatic heterocycles. The molecule has 8 aromatic carbocycles. The van der Waals surface area contributed by atoms with Gasteiger partial charge in [-0.25, -0.2) is 0 Å². The zero-order valence-corrected chi connectivity index (χ0v) is 34.9. The molecule has 0 unspecified atom stereocenters. The molecular formula is C56H49BN2. The van der Waals surface area contributed by atoms with Gasteiger partial charge >= 0.3 is 0 Å². The summed E-state index contributed by atoms with van der Waals surface area (Å²) in [6.45, 7) is 14.0. The molecule has 3 heteroatoms. The lowest BCUT2D eigenvalue weighted by atomic mass is 9.33. The Hall–Kier alpha value is -6.58. The van der Waals surface area contributed by atoms with Gasteiger partial charge in [-0.3, -0.25) is 0 Å². The molecule has 0 aliphatic carbocycles. The van der Waals surface area contributed by atoms with Crippen LogP contribution in [0, 0.1) is 0 Å². The van der Waals surface area contributed by atoms with Gasteiger partial charge in [0.25, 0.3) is 6.71 Å². The van der Waals surface area contributed by atoms with Crippen LogP contribution in [0.5, 0.6) is 0 Å². The van der Waals surface area contributed by atoms with E-state index in [9.17, 15) is 0 Å². The summed E-state index contributed by atoms with van der Waals surface area (Å²) >= 11 is 0.